The Hall–Kier alpha value is -2.71. The number of hydrogen-bond acceptors (Lipinski definition) is 8. The van der Waals surface area contributed by atoms with Crippen molar-refractivity contribution in [3.05, 3.63) is 42.0 Å². The maximum atomic E-state index is 6.82. The summed E-state index contributed by atoms with van der Waals surface area (Å²) in [7, 11) is 0. The number of hydrogen-bond donors (Lipinski definition) is 2. The zero-order valence-corrected chi connectivity index (χ0v) is 15.4. The standard InChI is InChI=1S/C12H19N5O2.C7H7N/c13-10-9-11(16-1-5-18-6-2-16)15-12(14-10)17-3-7-19-8-4-17;8-6-7-4-2-1-3-5-7/h9H,1-8H2,(H2,13,14,15);1-6,8H. The average molecular weight is 370 g/mol. The molecule has 1 aromatic carbocycles. The van der Waals surface area contributed by atoms with Crippen LogP contribution in [0.3, 0.4) is 0 Å². The van der Waals surface area contributed by atoms with E-state index < -0.39 is 0 Å². The molecule has 0 spiro atoms. The van der Waals surface area contributed by atoms with Gasteiger partial charge >= 0.3 is 0 Å². The number of anilines is 3. The average Bonchev–Trinajstić information content (AvgIpc) is 2.75. The monoisotopic (exact) mass is 370 g/mol. The molecule has 8 nitrogen and oxygen atoms in total. The minimum Gasteiger partial charge on any atom is -0.383 e. The summed E-state index contributed by atoms with van der Waals surface area (Å²) in [4.78, 5) is 13.3. The van der Waals surface area contributed by atoms with Crippen LogP contribution in [0, 0.1) is 5.41 Å². The van der Waals surface area contributed by atoms with E-state index in [0.717, 1.165) is 50.8 Å². The van der Waals surface area contributed by atoms with E-state index in [-0.39, 0.29) is 0 Å². The van der Waals surface area contributed by atoms with Crippen LogP contribution in [-0.2, 0) is 9.47 Å². The van der Waals surface area contributed by atoms with Gasteiger partial charge in [0.1, 0.15) is 11.6 Å². The molecule has 0 bridgehead atoms. The van der Waals surface area contributed by atoms with Crippen molar-refractivity contribution in [2.75, 3.05) is 68.1 Å². The predicted molar refractivity (Wildman–Crippen MR) is 107 cm³/mol. The van der Waals surface area contributed by atoms with E-state index in [2.05, 4.69) is 19.8 Å². The molecule has 4 rings (SSSR count). The van der Waals surface area contributed by atoms with E-state index in [1.807, 2.05) is 36.4 Å². The van der Waals surface area contributed by atoms with E-state index in [4.69, 9.17) is 20.6 Å². The fraction of sp³-hybridized carbons (Fsp3) is 0.421. The Labute approximate surface area is 159 Å². The molecule has 0 aliphatic carbocycles. The number of nitrogens with zero attached hydrogens (tertiary/aromatic N) is 4. The molecule has 0 unspecified atom stereocenters. The highest BCUT2D eigenvalue weighted by Crippen LogP contribution is 2.20. The minimum absolute atomic E-state index is 0.512. The number of morpholine rings is 2. The summed E-state index contributed by atoms with van der Waals surface area (Å²) in [5.74, 6) is 2.10. The molecule has 2 aromatic rings. The lowest BCUT2D eigenvalue weighted by atomic mass is 10.2. The normalized spacial score (nSPS) is 17.0. The van der Waals surface area contributed by atoms with Gasteiger partial charge in [0.25, 0.3) is 0 Å². The zero-order chi connectivity index (χ0) is 18.9. The first-order valence-electron chi connectivity index (χ1n) is 9.12. The van der Waals surface area contributed by atoms with Crippen LogP contribution >= 0.6 is 0 Å². The van der Waals surface area contributed by atoms with Gasteiger partial charge < -0.3 is 30.4 Å². The molecule has 2 aliphatic rings. The second-order valence-corrected chi connectivity index (χ2v) is 6.20. The topological polar surface area (TPSA) is 101 Å². The SMILES string of the molecule is N=Cc1ccccc1.Nc1cc(N2CCOCC2)nc(N2CCOCC2)n1. The Morgan fingerprint density at radius 3 is 2.04 bits per heavy atom. The van der Waals surface area contributed by atoms with Crippen LogP contribution in [0.5, 0.6) is 0 Å². The first kappa shape index (κ1) is 19.1. The number of nitrogen functional groups attached to an aromatic ring is 1. The van der Waals surface area contributed by atoms with Gasteiger partial charge in [0, 0.05) is 38.5 Å². The Morgan fingerprint density at radius 1 is 0.889 bits per heavy atom. The maximum absolute atomic E-state index is 6.82. The van der Waals surface area contributed by atoms with Crippen molar-refractivity contribution in [3.8, 4) is 0 Å². The Bertz CT molecular complexity index is 679. The molecule has 144 valence electrons. The van der Waals surface area contributed by atoms with E-state index in [1.54, 1.807) is 0 Å². The van der Waals surface area contributed by atoms with Crippen molar-refractivity contribution in [1.29, 1.82) is 5.41 Å². The van der Waals surface area contributed by atoms with Crippen molar-refractivity contribution in [2.24, 2.45) is 0 Å². The van der Waals surface area contributed by atoms with Gasteiger partial charge in [-0.3, -0.25) is 0 Å². The van der Waals surface area contributed by atoms with Crippen molar-refractivity contribution < 1.29 is 9.47 Å². The first-order valence-corrected chi connectivity index (χ1v) is 9.12. The summed E-state index contributed by atoms with van der Waals surface area (Å²) in [6.07, 6.45) is 1.33. The molecule has 2 fully saturated rings. The van der Waals surface area contributed by atoms with Crippen molar-refractivity contribution in [1.82, 2.24) is 9.97 Å². The van der Waals surface area contributed by atoms with Gasteiger partial charge in [-0.15, -0.1) is 0 Å². The largest absolute Gasteiger partial charge is 0.383 e. The molecule has 0 amide bonds. The third-order valence-electron chi connectivity index (χ3n) is 4.32. The number of aromatic nitrogens is 2. The first-order chi connectivity index (χ1) is 13.3. The zero-order valence-electron chi connectivity index (χ0n) is 15.4. The van der Waals surface area contributed by atoms with Gasteiger partial charge in [-0.25, -0.2) is 0 Å². The fourth-order valence-electron chi connectivity index (χ4n) is 2.85. The van der Waals surface area contributed by atoms with Crippen molar-refractivity contribution >= 4 is 23.8 Å². The molecule has 2 saturated heterocycles. The quantitative estimate of drug-likeness (QED) is 0.788. The molecule has 3 heterocycles. The van der Waals surface area contributed by atoms with Gasteiger partial charge in [-0.2, -0.15) is 9.97 Å². The predicted octanol–water partition coefficient (Wildman–Crippen LogP) is 1.42. The smallest absolute Gasteiger partial charge is 0.229 e. The summed E-state index contributed by atoms with van der Waals surface area (Å²) in [6, 6.07) is 11.4. The van der Waals surface area contributed by atoms with Crippen molar-refractivity contribution in [2.45, 2.75) is 0 Å². The Kier molecular flexibility index (Phi) is 6.95. The lowest BCUT2D eigenvalue weighted by Gasteiger charge is -2.30. The lowest BCUT2D eigenvalue weighted by Crippen LogP contribution is -2.39. The third-order valence-corrected chi connectivity index (χ3v) is 4.32. The van der Waals surface area contributed by atoms with Gasteiger partial charge in [-0.05, 0) is 5.56 Å². The Morgan fingerprint density at radius 2 is 1.48 bits per heavy atom. The second-order valence-electron chi connectivity index (χ2n) is 6.20. The van der Waals surface area contributed by atoms with Gasteiger partial charge in [0.15, 0.2) is 0 Å². The highest BCUT2D eigenvalue weighted by atomic mass is 16.5. The van der Waals surface area contributed by atoms with E-state index in [1.165, 1.54) is 6.21 Å². The van der Waals surface area contributed by atoms with Gasteiger partial charge in [0.2, 0.25) is 5.95 Å². The summed E-state index contributed by atoms with van der Waals surface area (Å²) < 4.78 is 10.7. The van der Waals surface area contributed by atoms with Crippen LogP contribution in [0.1, 0.15) is 5.56 Å². The van der Waals surface area contributed by atoms with Gasteiger partial charge in [0.05, 0.1) is 26.4 Å². The molecular weight excluding hydrogens is 344 g/mol. The van der Waals surface area contributed by atoms with Crippen LogP contribution in [0.15, 0.2) is 36.4 Å². The summed E-state index contributed by atoms with van der Waals surface area (Å²) >= 11 is 0. The van der Waals surface area contributed by atoms with E-state index in [9.17, 15) is 0 Å². The van der Waals surface area contributed by atoms with E-state index >= 15 is 0 Å². The molecule has 2 aliphatic heterocycles. The highest BCUT2D eigenvalue weighted by Gasteiger charge is 2.18. The van der Waals surface area contributed by atoms with Crippen molar-refractivity contribution in [3.63, 3.8) is 0 Å². The number of rotatable bonds is 3. The molecule has 0 saturated carbocycles. The molecular formula is C19H26N6O2. The number of nitrogens with two attached hydrogens (primary N) is 1. The summed E-state index contributed by atoms with van der Waals surface area (Å²) in [5, 5.41) is 6.82. The molecule has 8 heteroatoms. The third kappa shape index (κ3) is 5.63. The Balaban J connectivity index is 0.000000221. The van der Waals surface area contributed by atoms with Crippen LogP contribution in [0.4, 0.5) is 17.6 Å². The number of nitrogens with one attached hydrogen (secondary N) is 1. The lowest BCUT2D eigenvalue weighted by molar-refractivity contribution is 0.121. The van der Waals surface area contributed by atoms with Crippen LogP contribution in [-0.4, -0.2) is 68.8 Å². The maximum Gasteiger partial charge on any atom is 0.229 e. The van der Waals surface area contributed by atoms with E-state index in [0.29, 0.717) is 25.0 Å². The molecule has 0 radical (unpaired) electrons. The van der Waals surface area contributed by atoms with Crippen LogP contribution in [0.25, 0.3) is 0 Å². The second kappa shape index (κ2) is 9.84. The summed E-state index contributed by atoms with van der Waals surface area (Å²) in [5.41, 5.74) is 6.86. The number of benzene rings is 1. The molecule has 1 aromatic heterocycles. The summed E-state index contributed by atoms with van der Waals surface area (Å²) in [6.45, 7) is 6.21. The molecule has 27 heavy (non-hydrogen) atoms. The highest BCUT2D eigenvalue weighted by molar-refractivity contribution is 5.76. The van der Waals surface area contributed by atoms with Gasteiger partial charge in [-0.1, -0.05) is 30.3 Å². The molecule has 0 atom stereocenters. The number of ether oxygens (including phenoxy) is 2. The molecule has 3 N–H and O–H groups in total. The van der Waals surface area contributed by atoms with Crippen LogP contribution < -0.4 is 15.5 Å². The fourth-order valence-corrected chi connectivity index (χ4v) is 2.85. The minimum atomic E-state index is 0.512. The van der Waals surface area contributed by atoms with Crippen LogP contribution in [0.2, 0.25) is 0 Å².